The first kappa shape index (κ1) is 13.4. The third-order valence-electron chi connectivity index (χ3n) is 3.48. The van der Waals surface area contributed by atoms with Gasteiger partial charge in [-0.1, -0.05) is 18.2 Å². The van der Waals surface area contributed by atoms with Gasteiger partial charge >= 0.3 is 0 Å². The van der Waals surface area contributed by atoms with Gasteiger partial charge in [-0.25, -0.2) is 19.6 Å². The third kappa shape index (κ3) is 2.74. The lowest BCUT2D eigenvalue weighted by Crippen LogP contribution is -1.98. The van der Waals surface area contributed by atoms with Gasteiger partial charge in [-0.05, 0) is 37.3 Å². The lowest BCUT2D eigenvalue weighted by atomic mass is 10.2. The number of fused-ring (bicyclic) bond motifs is 1. The highest BCUT2D eigenvalue weighted by atomic mass is 15.3. The first-order chi connectivity index (χ1) is 11.3. The maximum atomic E-state index is 4.50. The highest BCUT2D eigenvalue weighted by Gasteiger charge is 2.02. The van der Waals surface area contributed by atoms with Crippen LogP contribution >= 0.6 is 0 Å². The molecule has 0 radical (unpaired) electrons. The Kier molecular flexibility index (Phi) is 3.20. The summed E-state index contributed by atoms with van der Waals surface area (Å²) in [7, 11) is 0. The van der Waals surface area contributed by atoms with Crippen molar-refractivity contribution in [3.8, 4) is 5.69 Å². The monoisotopic (exact) mass is 302 g/mol. The molecular weight excluding hydrogens is 288 g/mol. The second-order valence-electron chi connectivity index (χ2n) is 5.16. The van der Waals surface area contributed by atoms with Crippen molar-refractivity contribution in [3.05, 3.63) is 66.9 Å². The van der Waals surface area contributed by atoms with E-state index in [1.165, 1.54) is 0 Å². The van der Waals surface area contributed by atoms with Crippen molar-refractivity contribution in [2.75, 3.05) is 5.32 Å². The fraction of sp³-hybridized carbons (Fsp3) is 0.0588. The van der Waals surface area contributed by atoms with Gasteiger partial charge in [0.05, 0.1) is 11.2 Å². The number of hydrogen-bond donors (Lipinski definition) is 1. The van der Waals surface area contributed by atoms with Crippen LogP contribution < -0.4 is 5.32 Å². The number of benzene rings is 2. The molecule has 2 aromatic carbocycles. The molecule has 0 unspecified atom stereocenters. The zero-order valence-corrected chi connectivity index (χ0v) is 12.5. The van der Waals surface area contributed by atoms with Gasteiger partial charge in [0.25, 0.3) is 0 Å². The molecule has 0 fully saturated rings. The minimum atomic E-state index is 0.577. The maximum Gasteiger partial charge on any atom is 0.227 e. The molecule has 0 atom stereocenters. The van der Waals surface area contributed by atoms with Crippen molar-refractivity contribution in [2.24, 2.45) is 0 Å². The predicted octanol–water partition coefficient (Wildman–Crippen LogP) is 3.26. The molecule has 0 aliphatic carbocycles. The molecule has 6 nitrogen and oxygen atoms in total. The van der Waals surface area contributed by atoms with E-state index in [-0.39, 0.29) is 0 Å². The number of para-hydroxylation sites is 1. The molecule has 0 bridgehead atoms. The van der Waals surface area contributed by atoms with E-state index in [0.717, 1.165) is 28.1 Å². The van der Waals surface area contributed by atoms with Gasteiger partial charge in [0.15, 0.2) is 0 Å². The van der Waals surface area contributed by atoms with Crippen LogP contribution in [0.2, 0.25) is 0 Å². The van der Waals surface area contributed by atoms with Crippen molar-refractivity contribution in [3.63, 3.8) is 0 Å². The topological polar surface area (TPSA) is 68.5 Å². The summed E-state index contributed by atoms with van der Waals surface area (Å²) in [5.74, 6) is 1.32. The number of aromatic nitrogens is 5. The number of rotatable bonds is 3. The van der Waals surface area contributed by atoms with Crippen LogP contribution in [-0.2, 0) is 0 Å². The first-order valence-corrected chi connectivity index (χ1v) is 7.25. The highest BCUT2D eigenvalue weighted by Crippen LogP contribution is 2.18. The molecule has 0 aliphatic heterocycles. The molecule has 0 aliphatic rings. The van der Waals surface area contributed by atoms with Gasteiger partial charge in [0.1, 0.15) is 12.2 Å². The molecular formula is C17H14N6. The molecule has 0 saturated heterocycles. The lowest BCUT2D eigenvalue weighted by molar-refractivity contribution is 0.863. The van der Waals surface area contributed by atoms with Gasteiger partial charge in [-0.3, -0.25) is 0 Å². The molecule has 112 valence electrons. The quantitative estimate of drug-likeness (QED) is 0.629. The molecule has 0 saturated carbocycles. The summed E-state index contributed by atoms with van der Waals surface area (Å²) in [6, 6.07) is 15.8. The van der Waals surface area contributed by atoms with Crippen LogP contribution in [0.4, 0.5) is 11.6 Å². The van der Waals surface area contributed by atoms with Crippen molar-refractivity contribution in [2.45, 2.75) is 6.92 Å². The van der Waals surface area contributed by atoms with Gasteiger partial charge in [-0.15, -0.1) is 0 Å². The third-order valence-corrected chi connectivity index (χ3v) is 3.48. The van der Waals surface area contributed by atoms with E-state index in [1.807, 2.05) is 61.7 Å². The van der Waals surface area contributed by atoms with Crippen molar-refractivity contribution in [1.82, 2.24) is 24.7 Å². The predicted molar refractivity (Wildman–Crippen MR) is 88.9 cm³/mol. The van der Waals surface area contributed by atoms with Gasteiger partial charge in [0, 0.05) is 17.3 Å². The van der Waals surface area contributed by atoms with Crippen LogP contribution in [0, 0.1) is 6.92 Å². The summed E-state index contributed by atoms with van der Waals surface area (Å²) in [5, 5.41) is 8.52. The molecule has 0 amide bonds. The van der Waals surface area contributed by atoms with Crippen molar-refractivity contribution < 1.29 is 0 Å². The Morgan fingerprint density at radius 2 is 1.78 bits per heavy atom. The minimum Gasteiger partial charge on any atom is -0.324 e. The number of hydrogen-bond acceptors (Lipinski definition) is 5. The number of nitrogens with one attached hydrogen (secondary N) is 1. The Bertz CT molecular complexity index is 958. The SMILES string of the molecule is Cc1ncn(-c2ccc(Nc3ncc4ccccc4n3)cc2)n1. The Balaban J connectivity index is 1.58. The molecule has 2 heterocycles. The summed E-state index contributed by atoms with van der Waals surface area (Å²) in [4.78, 5) is 13.0. The molecule has 4 aromatic rings. The van der Waals surface area contributed by atoms with Crippen LogP contribution in [0.25, 0.3) is 16.6 Å². The van der Waals surface area contributed by atoms with E-state index in [1.54, 1.807) is 11.0 Å². The Morgan fingerprint density at radius 3 is 2.57 bits per heavy atom. The van der Waals surface area contributed by atoms with Crippen LogP contribution in [0.3, 0.4) is 0 Å². The van der Waals surface area contributed by atoms with Gasteiger partial charge in [0.2, 0.25) is 5.95 Å². The fourth-order valence-corrected chi connectivity index (χ4v) is 2.33. The standard InChI is InChI=1S/C17H14N6/c1-12-19-11-23(22-12)15-8-6-14(7-9-15)20-17-18-10-13-4-2-3-5-16(13)21-17/h2-11H,1H3,(H,18,20,21). The summed E-state index contributed by atoms with van der Waals surface area (Å²) in [6.07, 6.45) is 3.52. The lowest BCUT2D eigenvalue weighted by Gasteiger charge is -2.07. The van der Waals surface area contributed by atoms with E-state index in [0.29, 0.717) is 5.95 Å². The Morgan fingerprint density at radius 1 is 0.957 bits per heavy atom. The van der Waals surface area contributed by atoms with E-state index in [4.69, 9.17) is 0 Å². The Hall–Kier alpha value is -3.28. The number of anilines is 2. The first-order valence-electron chi connectivity index (χ1n) is 7.25. The van der Waals surface area contributed by atoms with Crippen LogP contribution in [0.15, 0.2) is 61.1 Å². The minimum absolute atomic E-state index is 0.577. The van der Waals surface area contributed by atoms with Crippen LogP contribution in [-0.4, -0.2) is 24.7 Å². The van der Waals surface area contributed by atoms with Crippen molar-refractivity contribution >= 4 is 22.5 Å². The van der Waals surface area contributed by atoms with E-state index in [2.05, 4.69) is 25.4 Å². The van der Waals surface area contributed by atoms with Gasteiger partial charge in [-0.2, -0.15) is 5.10 Å². The van der Waals surface area contributed by atoms with E-state index < -0.39 is 0 Å². The number of nitrogens with zero attached hydrogens (tertiary/aromatic N) is 5. The largest absolute Gasteiger partial charge is 0.324 e. The highest BCUT2D eigenvalue weighted by molar-refractivity contribution is 5.78. The average Bonchev–Trinajstić information content (AvgIpc) is 3.02. The number of aryl methyl sites for hydroxylation is 1. The Labute approximate surface area is 132 Å². The summed E-state index contributed by atoms with van der Waals surface area (Å²) < 4.78 is 1.74. The van der Waals surface area contributed by atoms with Gasteiger partial charge < -0.3 is 5.32 Å². The zero-order valence-electron chi connectivity index (χ0n) is 12.5. The molecule has 0 spiro atoms. The fourth-order valence-electron chi connectivity index (χ4n) is 2.33. The summed E-state index contributed by atoms with van der Waals surface area (Å²) in [6.45, 7) is 1.86. The van der Waals surface area contributed by atoms with Crippen molar-refractivity contribution in [1.29, 1.82) is 0 Å². The smallest absolute Gasteiger partial charge is 0.227 e. The van der Waals surface area contributed by atoms with Crippen LogP contribution in [0.1, 0.15) is 5.82 Å². The summed E-state index contributed by atoms with van der Waals surface area (Å²) >= 11 is 0. The molecule has 6 heteroatoms. The second-order valence-corrected chi connectivity index (χ2v) is 5.16. The molecule has 23 heavy (non-hydrogen) atoms. The maximum absolute atomic E-state index is 4.50. The van der Waals surface area contributed by atoms with E-state index in [9.17, 15) is 0 Å². The second kappa shape index (κ2) is 5.49. The molecule has 1 N–H and O–H groups in total. The van der Waals surface area contributed by atoms with Crippen LogP contribution in [0.5, 0.6) is 0 Å². The molecule has 4 rings (SSSR count). The molecule has 2 aromatic heterocycles. The zero-order chi connectivity index (χ0) is 15.6. The van der Waals surface area contributed by atoms with E-state index >= 15 is 0 Å². The summed E-state index contributed by atoms with van der Waals surface area (Å²) in [5.41, 5.74) is 2.79. The normalized spacial score (nSPS) is 10.8. The average molecular weight is 302 g/mol.